The molecule has 0 bridgehead atoms. The summed E-state index contributed by atoms with van der Waals surface area (Å²) in [5.41, 5.74) is 1.05. The molecule has 0 saturated carbocycles. The van der Waals surface area contributed by atoms with E-state index in [1.165, 1.54) is 0 Å². The fourth-order valence-corrected chi connectivity index (χ4v) is 0.638. The Morgan fingerprint density at radius 1 is 1.33 bits per heavy atom. The van der Waals surface area contributed by atoms with Crippen molar-refractivity contribution in [2.24, 2.45) is 4.99 Å². The molecule has 0 spiro atoms. The minimum atomic E-state index is 0.943. The minimum absolute atomic E-state index is 0.943. The lowest BCUT2D eigenvalue weighted by Gasteiger charge is -1.94. The molecule has 0 aliphatic carbocycles. The van der Waals surface area contributed by atoms with Crippen LogP contribution in [0.5, 0.6) is 0 Å². The van der Waals surface area contributed by atoms with E-state index in [4.69, 9.17) is 0 Å². The normalized spacial score (nSPS) is 12.1. The smallest absolute Gasteiger partial charge is 0.0386 e. The van der Waals surface area contributed by atoms with Crippen LogP contribution < -0.4 is 0 Å². The highest BCUT2D eigenvalue weighted by molar-refractivity contribution is 5.88. The maximum Gasteiger partial charge on any atom is 0.0386 e. The van der Waals surface area contributed by atoms with Crippen molar-refractivity contribution in [1.82, 2.24) is 0 Å². The number of hydrogen-bond acceptors (Lipinski definition) is 1. The van der Waals surface area contributed by atoms with E-state index < -0.39 is 0 Å². The molecule has 0 saturated heterocycles. The second-order valence-electron chi connectivity index (χ2n) is 2.20. The SMILES string of the molecule is [CH2]C(CCC)=NCCC. The van der Waals surface area contributed by atoms with Crippen LogP contribution in [0, 0.1) is 6.92 Å². The average molecular weight is 126 g/mol. The van der Waals surface area contributed by atoms with Gasteiger partial charge in [0.05, 0.1) is 0 Å². The van der Waals surface area contributed by atoms with Crippen LogP contribution in [0.4, 0.5) is 0 Å². The second-order valence-corrected chi connectivity index (χ2v) is 2.20. The molecule has 0 heterocycles. The quantitative estimate of drug-likeness (QED) is 0.513. The zero-order chi connectivity index (χ0) is 7.11. The first kappa shape index (κ1) is 8.67. The van der Waals surface area contributed by atoms with Gasteiger partial charge in [0, 0.05) is 12.3 Å². The molecule has 0 aromatic rings. The highest BCUT2D eigenvalue weighted by Crippen LogP contribution is 1.91. The van der Waals surface area contributed by atoms with Gasteiger partial charge in [0.25, 0.3) is 0 Å². The van der Waals surface area contributed by atoms with Crippen LogP contribution in [-0.2, 0) is 0 Å². The molecule has 0 aromatic carbocycles. The van der Waals surface area contributed by atoms with Gasteiger partial charge in [-0.3, -0.25) is 4.99 Å². The molecule has 0 aliphatic rings. The van der Waals surface area contributed by atoms with Crippen LogP contribution in [-0.4, -0.2) is 12.3 Å². The Bertz CT molecular complexity index is 84.6. The molecule has 0 atom stereocenters. The summed E-state index contributed by atoms with van der Waals surface area (Å²) in [6.45, 7) is 9.03. The molecule has 0 rings (SSSR count). The lowest BCUT2D eigenvalue weighted by molar-refractivity contribution is 0.913. The maximum absolute atomic E-state index is 4.24. The summed E-state index contributed by atoms with van der Waals surface area (Å²) in [6, 6.07) is 0. The molecule has 53 valence electrons. The maximum atomic E-state index is 4.24. The molecule has 1 heteroatoms. The largest absolute Gasteiger partial charge is 0.294 e. The topological polar surface area (TPSA) is 12.4 Å². The van der Waals surface area contributed by atoms with Gasteiger partial charge < -0.3 is 0 Å². The summed E-state index contributed by atoms with van der Waals surface area (Å²) in [5, 5.41) is 0. The van der Waals surface area contributed by atoms with Crippen molar-refractivity contribution in [3.05, 3.63) is 6.92 Å². The van der Waals surface area contributed by atoms with Gasteiger partial charge in [0.2, 0.25) is 0 Å². The molecular formula is C8H16N. The van der Waals surface area contributed by atoms with Gasteiger partial charge in [-0.2, -0.15) is 0 Å². The second kappa shape index (κ2) is 5.80. The highest BCUT2D eigenvalue weighted by Gasteiger charge is 1.85. The van der Waals surface area contributed by atoms with E-state index in [0.717, 1.165) is 31.5 Å². The Kier molecular flexibility index (Phi) is 5.59. The van der Waals surface area contributed by atoms with Crippen molar-refractivity contribution in [2.75, 3.05) is 6.54 Å². The van der Waals surface area contributed by atoms with E-state index in [2.05, 4.69) is 25.8 Å². The molecule has 0 aromatic heterocycles. The third-order valence-electron chi connectivity index (χ3n) is 1.10. The van der Waals surface area contributed by atoms with E-state index in [1.807, 2.05) is 0 Å². The molecule has 9 heavy (non-hydrogen) atoms. The fraction of sp³-hybridized carbons (Fsp3) is 0.750. The third-order valence-corrected chi connectivity index (χ3v) is 1.10. The third kappa shape index (κ3) is 5.54. The number of nitrogens with zero attached hydrogens (tertiary/aromatic N) is 1. The van der Waals surface area contributed by atoms with Gasteiger partial charge in [-0.25, -0.2) is 0 Å². The molecule has 0 fully saturated rings. The van der Waals surface area contributed by atoms with E-state index >= 15 is 0 Å². The Morgan fingerprint density at radius 3 is 2.44 bits per heavy atom. The molecule has 1 nitrogen and oxygen atoms in total. The van der Waals surface area contributed by atoms with Crippen LogP contribution in [0.3, 0.4) is 0 Å². The Hall–Kier alpha value is -0.330. The highest BCUT2D eigenvalue weighted by atomic mass is 14.7. The van der Waals surface area contributed by atoms with Gasteiger partial charge in [-0.1, -0.05) is 20.3 Å². The number of hydrogen-bond donors (Lipinski definition) is 0. The van der Waals surface area contributed by atoms with Crippen LogP contribution in [0.1, 0.15) is 33.1 Å². The number of aliphatic imine (C=N–C) groups is 1. The van der Waals surface area contributed by atoms with E-state index in [1.54, 1.807) is 0 Å². The van der Waals surface area contributed by atoms with Crippen LogP contribution in [0.2, 0.25) is 0 Å². The lowest BCUT2D eigenvalue weighted by atomic mass is 10.2. The predicted octanol–water partition coefficient (Wildman–Crippen LogP) is 2.47. The Labute approximate surface area is 58.2 Å². The first-order chi connectivity index (χ1) is 4.31. The van der Waals surface area contributed by atoms with E-state index in [9.17, 15) is 0 Å². The van der Waals surface area contributed by atoms with Crippen molar-refractivity contribution >= 4 is 5.71 Å². The van der Waals surface area contributed by atoms with Crippen molar-refractivity contribution in [3.8, 4) is 0 Å². The first-order valence-electron chi connectivity index (χ1n) is 3.66. The molecule has 0 N–H and O–H groups in total. The lowest BCUT2D eigenvalue weighted by Crippen LogP contribution is -1.91. The minimum Gasteiger partial charge on any atom is -0.294 e. The first-order valence-corrected chi connectivity index (χ1v) is 3.66. The van der Waals surface area contributed by atoms with Gasteiger partial charge in [-0.05, 0) is 19.8 Å². The molecule has 0 amide bonds. The van der Waals surface area contributed by atoms with Crippen molar-refractivity contribution in [2.45, 2.75) is 33.1 Å². The molecular weight excluding hydrogens is 110 g/mol. The monoisotopic (exact) mass is 126 g/mol. The van der Waals surface area contributed by atoms with Gasteiger partial charge in [-0.15, -0.1) is 0 Å². The van der Waals surface area contributed by atoms with Crippen LogP contribution in [0.15, 0.2) is 4.99 Å². The van der Waals surface area contributed by atoms with Crippen molar-refractivity contribution < 1.29 is 0 Å². The van der Waals surface area contributed by atoms with Gasteiger partial charge in [0.15, 0.2) is 0 Å². The van der Waals surface area contributed by atoms with Crippen molar-refractivity contribution in [3.63, 3.8) is 0 Å². The van der Waals surface area contributed by atoms with Gasteiger partial charge in [0.1, 0.15) is 0 Å². The summed E-state index contributed by atoms with van der Waals surface area (Å²) in [6.07, 6.45) is 3.34. The predicted molar refractivity (Wildman–Crippen MR) is 42.9 cm³/mol. The Balaban J connectivity index is 3.30. The van der Waals surface area contributed by atoms with E-state index in [0.29, 0.717) is 0 Å². The Morgan fingerprint density at radius 2 is 2.00 bits per heavy atom. The molecule has 0 unspecified atom stereocenters. The fourth-order valence-electron chi connectivity index (χ4n) is 0.638. The molecule has 0 aliphatic heterocycles. The summed E-state index contributed by atoms with van der Waals surface area (Å²) < 4.78 is 0. The summed E-state index contributed by atoms with van der Waals surface area (Å²) in [7, 11) is 0. The zero-order valence-corrected chi connectivity index (χ0v) is 6.48. The summed E-state index contributed by atoms with van der Waals surface area (Å²) in [5.74, 6) is 0. The number of rotatable bonds is 4. The average Bonchev–Trinajstić information content (AvgIpc) is 1.85. The summed E-state index contributed by atoms with van der Waals surface area (Å²) in [4.78, 5) is 4.24. The van der Waals surface area contributed by atoms with Crippen molar-refractivity contribution in [1.29, 1.82) is 0 Å². The van der Waals surface area contributed by atoms with Gasteiger partial charge >= 0.3 is 0 Å². The summed E-state index contributed by atoms with van der Waals surface area (Å²) >= 11 is 0. The molecule has 1 radical (unpaired) electrons. The standard InChI is InChI=1S/C8H16N/c1-4-6-8(3)9-7-5-2/h3-7H2,1-2H3. The zero-order valence-electron chi connectivity index (χ0n) is 6.48. The van der Waals surface area contributed by atoms with E-state index in [-0.39, 0.29) is 0 Å². The van der Waals surface area contributed by atoms with Crippen LogP contribution >= 0.6 is 0 Å². The van der Waals surface area contributed by atoms with Crippen LogP contribution in [0.25, 0.3) is 0 Å².